The summed E-state index contributed by atoms with van der Waals surface area (Å²) in [6, 6.07) is 70.0. The summed E-state index contributed by atoms with van der Waals surface area (Å²) in [6.45, 7) is 0. The fourth-order valence-corrected chi connectivity index (χ4v) is 10.2. The molecule has 44 heavy (non-hydrogen) atoms. The second kappa shape index (κ2) is 16.3. The molecule has 0 amide bonds. The smallest absolute Gasteiger partial charge is 0 e. The Bertz CT molecular complexity index is 1680. The van der Waals surface area contributed by atoms with Crippen LogP contribution in [0.25, 0.3) is 11.1 Å². The number of rotatable bonds is 8. The molecule has 222 valence electrons. The predicted octanol–water partition coefficient (Wildman–Crippen LogP) is 8.87. The van der Waals surface area contributed by atoms with Crippen molar-refractivity contribution in [2.75, 3.05) is 0 Å². The minimum absolute atomic E-state index is 0. The molecule has 0 nitrogen and oxygen atoms in total. The molecule has 0 heterocycles. The van der Waals surface area contributed by atoms with Gasteiger partial charge in [0, 0.05) is 17.1 Å². The van der Waals surface area contributed by atoms with Crippen LogP contribution in [0.4, 0.5) is 0 Å². The summed E-state index contributed by atoms with van der Waals surface area (Å²) in [7, 11) is -1.20. The number of hydrogen-bond donors (Lipinski definition) is 0. The van der Waals surface area contributed by atoms with Gasteiger partial charge in [-0.3, -0.25) is 0 Å². The van der Waals surface area contributed by atoms with E-state index < -0.39 is 15.8 Å². The maximum atomic E-state index is 2.34. The van der Waals surface area contributed by atoms with Crippen molar-refractivity contribution in [3.63, 3.8) is 0 Å². The fourth-order valence-electron chi connectivity index (χ4n) is 5.37. The normalized spacial score (nSPS) is 10.6. The van der Waals surface area contributed by atoms with Crippen molar-refractivity contribution in [1.82, 2.24) is 0 Å². The van der Waals surface area contributed by atoms with Crippen LogP contribution in [0.1, 0.15) is 5.56 Å². The summed E-state index contributed by atoms with van der Waals surface area (Å²) < 4.78 is 0. The third kappa shape index (κ3) is 7.81. The van der Waals surface area contributed by atoms with Gasteiger partial charge in [-0.2, -0.15) is 18.2 Å². The molecule has 0 saturated carbocycles. The molecule has 0 aliphatic heterocycles. The second-order valence-corrected chi connectivity index (χ2v) is 14.6. The monoisotopic (exact) mass is 644 g/mol. The molecule has 7 aromatic rings. The average Bonchev–Trinajstić information content (AvgIpc) is 3.82. The van der Waals surface area contributed by atoms with Gasteiger partial charge in [-0.05, 0) is 48.5 Å². The van der Waals surface area contributed by atoms with Crippen molar-refractivity contribution in [2.24, 2.45) is 0 Å². The number of hydrogen-bond acceptors (Lipinski definition) is 0. The molecule has 0 saturated heterocycles. The molecule has 0 spiro atoms. The molecule has 0 aliphatic carbocycles. The molecule has 0 aromatic heterocycles. The van der Waals surface area contributed by atoms with Crippen molar-refractivity contribution in [3.05, 3.63) is 200 Å². The molecule has 7 aromatic carbocycles. The Morgan fingerprint density at radius 2 is 0.841 bits per heavy atom. The standard InChI is InChI=1S/C36H29P2.C5H5.Fe/c1-5-17-30(18-6-1)37(31-19-7-2-8-20-31)28-29-16-15-26-34(29)35-25-13-14-27-36(35)38(32-21-9-3-10-22-32)33-23-11-4-12-24-33;1-2-4-5-3-1;/h1-27H,28H2;1-5H;/q-1;-5;. The van der Waals surface area contributed by atoms with E-state index in [1.807, 2.05) is 30.3 Å². The van der Waals surface area contributed by atoms with Gasteiger partial charge in [-0.15, -0.1) is 11.1 Å². The summed E-state index contributed by atoms with van der Waals surface area (Å²) in [5, 5.41) is 7.01. The minimum atomic E-state index is -0.687. The van der Waals surface area contributed by atoms with Gasteiger partial charge in [-0.1, -0.05) is 151 Å². The van der Waals surface area contributed by atoms with Crippen LogP contribution >= 0.6 is 15.8 Å². The van der Waals surface area contributed by atoms with Gasteiger partial charge in [0.15, 0.2) is 0 Å². The van der Waals surface area contributed by atoms with Gasteiger partial charge < -0.3 is 30.3 Å². The van der Waals surface area contributed by atoms with Crippen molar-refractivity contribution in [3.8, 4) is 11.1 Å². The Labute approximate surface area is 275 Å². The molecule has 3 heteroatoms. The van der Waals surface area contributed by atoms with E-state index in [9.17, 15) is 0 Å². The van der Waals surface area contributed by atoms with Crippen molar-refractivity contribution in [2.45, 2.75) is 6.16 Å². The van der Waals surface area contributed by atoms with Gasteiger partial charge in [0.2, 0.25) is 0 Å². The van der Waals surface area contributed by atoms with Crippen LogP contribution in [0.5, 0.6) is 0 Å². The van der Waals surface area contributed by atoms with Crippen molar-refractivity contribution in [1.29, 1.82) is 0 Å². The molecular weight excluding hydrogens is 610 g/mol. The minimum Gasteiger partial charge on any atom is -0.748 e. The maximum absolute atomic E-state index is 2.34. The second-order valence-electron chi connectivity index (χ2n) is 10.2. The Morgan fingerprint density at radius 3 is 1.32 bits per heavy atom. The van der Waals surface area contributed by atoms with E-state index in [0.29, 0.717) is 0 Å². The zero-order valence-electron chi connectivity index (χ0n) is 24.4. The molecule has 0 unspecified atom stereocenters. The van der Waals surface area contributed by atoms with E-state index in [4.69, 9.17) is 0 Å². The van der Waals surface area contributed by atoms with Crippen LogP contribution < -0.4 is 26.5 Å². The van der Waals surface area contributed by atoms with Crippen molar-refractivity contribution < 1.29 is 17.1 Å². The van der Waals surface area contributed by atoms with E-state index in [1.54, 1.807) is 0 Å². The van der Waals surface area contributed by atoms with Crippen LogP contribution in [-0.2, 0) is 23.2 Å². The largest absolute Gasteiger partial charge is 0.748 e. The van der Waals surface area contributed by atoms with Crippen LogP contribution in [0.3, 0.4) is 0 Å². The van der Waals surface area contributed by atoms with Crippen LogP contribution in [0, 0.1) is 0 Å². The fraction of sp³-hybridized carbons (Fsp3) is 0.0244. The van der Waals surface area contributed by atoms with Crippen LogP contribution in [0.15, 0.2) is 194 Å². The van der Waals surface area contributed by atoms with E-state index in [0.717, 1.165) is 6.16 Å². The molecule has 0 radical (unpaired) electrons. The molecule has 0 atom stereocenters. The number of benzene rings is 5. The van der Waals surface area contributed by atoms with E-state index >= 15 is 0 Å². The van der Waals surface area contributed by atoms with Gasteiger partial charge in [-0.25, -0.2) is 0 Å². The zero-order valence-corrected chi connectivity index (χ0v) is 27.3. The van der Waals surface area contributed by atoms with E-state index in [1.165, 1.54) is 43.2 Å². The molecule has 0 N–H and O–H groups in total. The van der Waals surface area contributed by atoms with Gasteiger partial charge >= 0.3 is 0 Å². The summed E-state index contributed by atoms with van der Waals surface area (Å²) in [5.74, 6) is 0. The Kier molecular flexibility index (Phi) is 11.7. The van der Waals surface area contributed by atoms with E-state index in [2.05, 4.69) is 164 Å². The SMILES string of the molecule is [Fe].[cH-]1[cH-][cH-][cH-][cH-]1.c1ccc(P(C[c-]2cccc2-c2ccccc2P(c2ccccc2)c2ccccc2)c2ccccc2)cc1. The average molecular weight is 645 g/mol. The molecule has 0 aliphatic rings. The Balaban J connectivity index is 0.000000584. The summed E-state index contributed by atoms with van der Waals surface area (Å²) in [4.78, 5) is 0. The molecule has 0 fully saturated rings. The Morgan fingerprint density at radius 1 is 0.432 bits per heavy atom. The molecule has 0 bridgehead atoms. The first kappa shape index (κ1) is 31.6. The maximum Gasteiger partial charge on any atom is 0 e. The third-order valence-electron chi connectivity index (χ3n) is 7.39. The van der Waals surface area contributed by atoms with E-state index in [-0.39, 0.29) is 17.1 Å². The molecule has 7 rings (SSSR count). The van der Waals surface area contributed by atoms with Crippen molar-refractivity contribution >= 4 is 42.4 Å². The van der Waals surface area contributed by atoms with Gasteiger partial charge in [0.25, 0.3) is 0 Å². The first-order valence-corrected chi connectivity index (χ1v) is 17.5. The summed E-state index contributed by atoms with van der Waals surface area (Å²) in [6.07, 6.45) is 1.02. The quantitative estimate of drug-likeness (QED) is 0.0881. The summed E-state index contributed by atoms with van der Waals surface area (Å²) >= 11 is 0. The predicted molar refractivity (Wildman–Crippen MR) is 191 cm³/mol. The van der Waals surface area contributed by atoms with Crippen LogP contribution in [0.2, 0.25) is 0 Å². The first-order valence-electron chi connectivity index (χ1n) is 14.7. The summed E-state index contributed by atoms with van der Waals surface area (Å²) in [5.41, 5.74) is 4.13. The molecular formula is C41H34FeP2-6. The first-order chi connectivity index (χ1) is 21.4. The van der Waals surface area contributed by atoms with Gasteiger partial charge in [0.05, 0.1) is 0 Å². The third-order valence-corrected chi connectivity index (χ3v) is 12.4. The van der Waals surface area contributed by atoms with Crippen LogP contribution in [-0.4, -0.2) is 0 Å². The Hall–Kier alpha value is -3.82. The van der Waals surface area contributed by atoms with Gasteiger partial charge in [0.1, 0.15) is 0 Å². The zero-order chi connectivity index (χ0) is 29.1. The topological polar surface area (TPSA) is 0 Å².